The predicted molar refractivity (Wildman–Crippen MR) is 65.4 cm³/mol. The number of nitrogens with zero attached hydrogens (tertiary/aromatic N) is 2. The normalized spacial score (nSPS) is 13.6. The third-order valence-corrected chi connectivity index (χ3v) is 2.59. The molecule has 0 aliphatic heterocycles. The Morgan fingerprint density at radius 1 is 1.22 bits per heavy atom. The molecule has 1 heterocycles. The molecule has 0 aliphatic rings. The number of nitrogens with two attached hydrogens (primary N) is 1. The molecule has 0 radical (unpaired) electrons. The van der Waals surface area contributed by atoms with E-state index in [2.05, 4.69) is 10.1 Å². The summed E-state index contributed by atoms with van der Waals surface area (Å²) in [7, 11) is 0. The molecular formula is C13H16FN3O. The fourth-order valence-electron chi connectivity index (χ4n) is 1.49. The van der Waals surface area contributed by atoms with Crippen LogP contribution >= 0.6 is 0 Å². The van der Waals surface area contributed by atoms with Crippen molar-refractivity contribution < 1.29 is 8.91 Å². The SMILES string of the molecule is CC(C)(C)c1nc(C(N)c2ccc(F)cc2)no1. The molecule has 1 aromatic carbocycles. The lowest BCUT2D eigenvalue weighted by atomic mass is 9.97. The van der Waals surface area contributed by atoms with Crippen LogP contribution in [0.3, 0.4) is 0 Å². The van der Waals surface area contributed by atoms with E-state index >= 15 is 0 Å². The Morgan fingerprint density at radius 2 is 1.83 bits per heavy atom. The molecule has 96 valence electrons. The monoisotopic (exact) mass is 249 g/mol. The number of rotatable bonds is 2. The highest BCUT2D eigenvalue weighted by molar-refractivity contribution is 5.24. The van der Waals surface area contributed by atoms with E-state index in [1.54, 1.807) is 12.1 Å². The molecule has 0 bridgehead atoms. The maximum absolute atomic E-state index is 12.8. The molecule has 0 saturated heterocycles. The average molecular weight is 249 g/mol. The van der Waals surface area contributed by atoms with Gasteiger partial charge in [0.1, 0.15) is 5.82 Å². The van der Waals surface area contributed by atoms with E-state index in [0.717, 1.165) is 5.56 Å². The molecule has 2 N–H and O–H groups in total. The average Bonchev–Trinajstić information content (AvgIpc) is 2.78. The Morgan fingerprint density at radius 3 is 2.33 bits per heavy atom. The molecule has 4 nitrogen and oxygen atoms in total. The minimum absolute atomic E-state index is 0.215. The molecule has 0 fully saturated rings. The van der Waals surface area contributed by atoms with Crippen LogP contribution in [0.2, 0.25) is 0 Å². The fraction of sp³-hybridized carbons (Fsp3) is 0.385. The largest absolute Gasteiger partial charge is 0.339 e. The van der Waals surface area contributed by atoms with Crippen LogP contribution in [0.5, 0.6) is 0 Å². The van der Waals surface area contributed by atoms with Gasteiger partial charge in [0, 0.05) is 5.41 Å². The first-order chi connectivity index (χ1) is 8.38. The van der Waals surface area contributed by atoms with Crippen LogP contribution in [-0.4, -0.2) is 10.1 Å². The number of hydrogen-bond acceptors (Lipinski definition) is 4. The van der Waals surface area contributed by atoms with Crippen molar-refractivity contribution in [1.82, 2.24) is 10.1 Å². The molecule has 0 amide bonds. The molecule has 1 unspecified atom stereocenters. The zero-order valence-corrected chi connectivity index (χ0v) is 10.6. The lowest BCUT2D eigenvalue weighted by Crippen LogP contribution is -2.15. The number of aromatic nitrogens is 2. The highest BCUT2D eigenvalue weighted by atomic mass is 19.1. The molecule has 18 heavy (non-hydrogen) atoms. The smallest absolute Gasteiger partial charge is 0.232 e. The molecule has 1 atom stereocenters. The quantitative estimate of drug-likeness (QED) is 0.888. The molecule has 2 rings (SSSR count). The molecule has 1 aromatic heterocycles. The van der Waals surface area contributed by atoms with Gasteiger partial charge in [-0.25, -0.2) is 4.39 Å². The van der Waals surface area contributed by atoms with Gasteiger partial charge < -0.3 is 10.3 Å². The van der Waals surface area contributed by atoms with Crippen molar-refractivity contribution in [3.05, 3.63) is 47.4 Å². The van der Waals surface area contributed by atoms with Gasteiger partial charge >= 0.3 is 0 Å². The molecular weight excluding hydrogens is 233 g/mol. The van der Waals surface area contributed by atoms with Crippen molar-refractivity contribution in [2.45, 2.75) is 32.2 Å². The third-order valence-electron chi connectivity index (χ3n) is 2.59. The van der Waals surface area contributed by atoms with Crippen molar-refractivity contribution in [3.63, 3.8) is 0 Å². The first-order valence-corrected chi connectivity index (χ1v) is 5.73. The maximum Gasteiger partial charge on any atom is 0.232 e. The summed E-state index contributed by atoms with van der Waals surface area (Å²) in [6.45, 7) is 5.94. The first-order valence-electron chi connectivity index (χ1n) is 5.73. The van der Waals surface area contributed by atoms with Crippen LogP contribution in [0.4, 0.5) is 4.39 Å². The minimum Gasteiger partial charge on any atom is -0.339 e. The second kappa shape index (κ2) is 4.49. The summed E-state index contributed by atoms with van der Waals surface area (Å²) in [4.78, 5) is 4.28. The molecule has 0 spiro atoms. The van der Waals surface area contributed by atoms with Crippen molar-refractivity contribution in [2.75, 3.05) is 0 Å². The Bertz CT molecular complexity index is 528. The second-order valence-corrected chi connectivity index (χ2v) is 5.24. The number of halogens is 1. The molecule has 0 aliphatic carbocycles. The predicted octanol–water partition coefficient (Wildman–Crippen LogP) is 2.55. The number of hydrogen-bond donors (Lipinski definition) is 1. The van der Waals surface area contributed by atoms with Crippen molar-refractivity contribution in [1.29, 1.82) is 0 Å². The molecule has 5 heteroatoms. The van der Waals surface area contributed by atoms with Crippen LogP contribution in [-0.2, 0) is 5.41 Å². The Labute approximate surface area is 105 Å². The van der Waals surface area contributed by atoms with Gasteiger partial charge in [-0.2, -0.15) is 4.98 Å². The topological polar surface area (TPSA) is 64.9 Å². The van der Waals surface area contributed by atoms with E-state index in [0.29, 0.717) is 11.7 Å². The number of benzene rings is 1. The van der Waals surface area contributed by atoms with E-state index in [9.17, 15) is 4.39 Å². The summed E-state index contributed by atoms with van der Waals surface area (Å²) in [5, 5.41) is 3.88. The van der Waals surface area contributed by atoms with E-state index in [1.165, 1.54) is 12.1 Å². The highest BCUT2D eigenvalue weighted by Crippen LogP contribution is 2.23. The van der Waals surface area contributed by atoms with Gasteiger partial charge in [-0.15, -0.1) is 0 Å². The Balaban J connectivity index is 2.26. The maximum atomic E-state index is 12.8. The lowest BCUT2D eigenvalue weighted by molar-refractivity contribution is 0.317. The van der Waals surface area contributed by atoms with Gasteiger partial charge in [0.15, 0.2) is 5.82 Å². The van der Waals surface area contributed by atoms with Crippen molar-refractivity contribution in [2.24, 2.45) is 5.73 Å². The van der Waals surface area contributed by atoms with Crippen LogP contribution in [0.25, 0.3) is 0 Å². The van der Waals surface area contributed by atoms with Crippen LogP contribution in [0.1, 0.15) is 44.1 Å². The third kappa shape index (κ3) is 2.56. The highest BCUT2D eigenvalue weighted by Gasteiger charge is 2.24. The van der Waals surface area contributed by atoms with E-state index in [-0.39, 0.29) is 11.2 Å². The van der Waals surface area contributed by atoms with E-state index < -0.39 is 6.04 Å². The fourth-order valence-corrected chi connectivity index (χ4v) is 1.49. The van der Waals surface area contributed by atoms with Gasteiger partial charge in [0.25, 0.3) is 0 Å². The van der Waals surface area contributed by atoms with E-state index in [4.69, 9.17) is 10.3 Å². The van der Waals surface area contributed by atoms with Gasteiger partial charge in [0.2, 0.25) is 5.89 Å². The summed E-state index contributed by atoms with van der Waals surface area (Å²) < 4.78 is 18.0. The van der Waals surface area contributed by atoms with Crippen molar-refractivity contribution >= 4 is 0 Å². The summed E-state index contributed by atoms with van der Waals surface area (Å²) in [5.41, 5.74) is 6.55. The zero-order chi connectivity index (χ0) is 13.3. The molecule has 0 saturated carbocycles. The van der Waals surface area contributed by atoms with Gasteiger partial charge in [-0.3, -0.25) is 0 Å². The Kier molecular flexibility index (Phi) is 3.17. The first kappa shape index (κ1) is 12.7. The Hall–Kier alpha value is -1.75. The van der Waals surface area contributed by atoms with E-state index in [1.807, 2.05) is 20.8 Å². The zero-order valence-electron chi connectivity index (χ0n) is 10.6. The lowest BCUT2D eigenvalue weighted by Gasteiger charge is -2.11. The standard InChI is InChI=1S/C13H16FN3O/c1-13(2,3)12-16-11(17-18-12)10(15)8-4-6-9(14)7-5-8/h4-7,10H,15H2,1-3H3. The minimum atomic E-state index is -0.509. The van der Waals surface area contributed by atoms with Crippen LogP contribution in [0.15, 0.2) is 28.8 Å². The van der Waals surface area contributed by atoms with Gasteiger partial charge in [-0.05, 0) is 17.7 Å². The summed E-state index contributed by atoms with van der Waals surface area (Å²) in [6.07, 6.45) is 0. The summed E-state index contributed by atoms with van der Waals surface area (Å²) in [5.74, 6) is 0.649. The van der Waals surface area contributed by atoms with Crippen LogP contribution < -0.4 is 5.73 Å². The van der Waals surface area contributed by atoms with Crippen LogP contribution in [0, 0.1) is 5.82 Å². The summed E-state index contributed by atoms with van der Waals surface area (Å²) >= 11 is 0. The summed E-state index contributed by atoms with van der Waals surface area (Å²) in [6, 6.07) is 5.45. The molecule has 2 aromatic rings. The van der Waals surface area contributed by atoms with Gasteiger partial charge in [0.05, 0.1) is 6.04 Å². The van der Waals surface area contributed by atoms with Gasteiger partial charge in [-0.1, -0.05) is 38.1 Å². The van der Waals surface area contributed by atoms with Crippen molar-refractivity contribution in [3.8, 4) is 0 Å². The second-order valence-electron chi connectivity index (χ2n) is 5.24.